The van der Waals surface area contributed by atoms with Crippen molar-refractivity contribution in [2.45, 2.75) is 18.9 Å². The zero-order chi connectivity index (χ0) is 17.1. The number of nitrogens with one attached hydrogen (secondary N) is 1. The predicted molar refractivity (Wildman–Crippen MR) is 84.5 cm³/mol. The minimum Gasteiger partial charge on any atom is -0.480 e. The number of carbonyl (C=O) groups is 2. The van der Waals surface area contributed by atoms with Crippen LogP contribution in [0, 0.1) is 5.92 Å². The van der Waals surface area contributed by atoms with E-state index in [-0.39, 0.29) is 5.92 Å². The van der Waals surface area contributed by atoms with E-state index in [0.717, 1.165) is 5.52 Å². The Morgan fingerprint density at radius 1 is 1.38 bits per heavy atom. The lowest BCUT2D eigenvalue weighted by Gasteiger charge is -2.30. The number of para-hydroxylation sites is 2. The highest BCUT2D eigenvalue weighted by Crippen LogP contribution is 2.26. The van der Waals surface area contributed by atoms with Crippen molar-refractivity contribution in [3.8, 4) is 0 Å². The van der Waals surface area contributed by atoms with Crippen LogP contribution in [0.5, 0.6) is 0 Å². The number of anilines is 1. The second-order valence-electron chi connectivity index (χ2n) is 5.78. The number of aromatic nitrogens is 1. The van der Waals surface area contributed by atoms with Gasteiger partial charge in [0.05, 0.1) is 0 Å². The van der Waals surface area contributed by atoms with Gasteiger partial charge in [0.15, 0.2) is 11.6 Å². The number of fused-ring (bicyclic) bond motifs is 1. The number of aliphatic carboxylic acids is 1. The lowest BCUT2D eigenvalue weighted by Crippen LogP contribution is -2.47. The van der Waals surface area contributed by atoms with Gasteiger partial charge in [-0.25, -0.2) is 9.18 Å². The van der Waals surface area contributed by atoms with Crippen LogP contribution in [0.25, 0.3) is 11.1 Å². The third-order valence-corrected chi connectivity index (χ3v) is 4.19. The summed E-state index contributed by atoms with van der Waals surface area (Å²) in [6.45, 7) is 0.0133. The Balaban J connectivity index is 1.59. The highest BCUT2D eigenvalue weighted by atomic mass is 19.1. The van der Waals surface area contributed by atoms with Crippen molar-refractivity contribution < 1.29 is 23.5 Å². The number of amides is 1. The fourth-order valence-electron chi connectivity index (χ4n) is 2.78. The molecular formula is C16H18FN3O4. The minimum atomic E-state index is -1.48. The van der Waals surface area contributed by atoms with Gasteiger partial charge in [-0.2, -0.15) is 4.98 Å². The fraction of sp³-hybridized carbons (Fsp3) is 0.438. The van der Waals surface area contributed by atoms with E-state index >= 15 is 0 Å². The molecule has 1 aliphatic heterocycles. The molecule has 7 nitrogen and oxygen atoms in total. The van der Waals surface area contributed by atoms with Crippen LogP contribution in [0.4, 0.5) is 10.4 Å². The molecule has 2 heterocycles. The van der Waals surface area contributed by atoms with Crippen molar-refractivity contribution in [1.82, 2.24) is 10.3 Å². The summed E-state index contributed by atoms with van der Waals surface area (Å²) >= 11 is 0. The van der Waals surface area contributed by atoms with Crippen LogP contribution in [0.2, 0.25) is 0 Å². The molecule has 3 rings (SSSR count). The molecule has 2 N–H and O–H groups in total. The monoisotopic (exact) mass is 335 g/mol. The van der Waals surface area contributed by atoms with E-state index in [1.54, 1.807) is 0 Å². The van der Waals surface area contributed by atoms with E-state index in [4.69, 9.17) is 9.52 Å². The Labute approximate surface area is 137 Å². The van der Waals surface area contributed by atoms with E-state index in [1.165, 1.54) is 0 Å². The molecule has 0 saturated carbocycles. The maximum Gasteiger partial charge on any atom is 0.328 e. The summed E-state index contributed by atoms with van der Waals surface area (Å²) in [7, 11) is 0. The number of carboxylic acid groups (broad SMARTS) is 1. The first-order chi connectivity index (χ1) is 11.6. The standard InChI is InChI=1S/C16H18FN3O4/c17-9-12(15(22)23)18-14(21)10-5-7-20(8-6-10)16-19-11-3-1-2-4-13(11)24-16/h1-4,10,12H,5-9H2,(H,18,21)(H,22,23). The number of rotatable bonds is 5. The van der Waals surface area contributed by atoms with E-state index < -0.39 is 24.6 Å². The summed E-state index contributed by atoms with van der Waals surface area (Å²) in [5.41, 5.74) is 1.49. The second-order valence-corrected chi connectivity index (χ2v) is 5.78. The van der Waals surface area contributed by atoms with Gasteiger partial charge < -0.3 is 19.7 Å². The lowest BCUT2D eigenvalue weighted by molar-refractivity contribution is -0.143. The third-order valence-electron chi connectivity index (χ3n) is 4.19. The number of halogens is 1. The number of nitrogens with zero attached hydrogens (tertiary/aromatic N) is 2. The van der Waals surface area contributed by atoms with Crippen LogP contribution in [0.1, 0.15) is 12.8 Å². The molecule has 0 spiro atoms. The molecule has 1 aromatic carbocycles. The molecule has 2 aromatic rings. The van der Waals surface area contributed by atoms with E-state index in [1.807, 2.05) is 29.2 Å². The summed E-state index contributed by atoms with van der Waals surface area (Å²) in [5.74, 6) is -2.12. The average molecular weight is 335 g/mol. The predicted octanol–water partition coefficient (Wildman–Crippen LogP) is 1.58. The van der Waals surface area contributed by atoms with Gasteiger partial charge in [0.1, 0.15) is 12.2 Å². The van der Waals surface area contributed by atoms with Crippen LogP contribution in [0.15, 0.2) is 28.7 Å². The zero-order valence-corrected chi connectivity index (χ0v) is 12.9. The number of carbonyl (C=O) groups excluding carboxylic acids is 1. The van der Waals surface area contributed by atoms with E-state index in [9.17, 15) is 14.0 Å². The molecule has 1 aromatic heterocycles. The molecule has 8 heteroatoms. The lowest BCUT2D eigenvalue weighted by atomic mass is 9.96. The first-order valence-corrected chi connectivity index (χ1v) is 7.78. The molecule has 0 radical (unpaired) electrons. The van der Waals surface area contributed by atoms with Crippen molar-refractivity contribution in [3.63, 3.8) is 0 Å². The number of oxazole rings is 1. The molecule has 1 aliphatic rings. The topological polar surface area (TPSA) is 95.7 Å². The van der Waals surface area contributed by atoms with Gasteiger partial charge >= 0.3 is 5.97 Å². The van der Waals surface area contributed by atoms with Gasteiger partial charge in [-0.1, -0.05) is 12.1 Å². The SMILES string of the molecule is O=C(NC(CF)C(=O)O)C1CCN(c2nc3ccccc3o2)CC1. The van der Waals surface area contributed by atoms with Crippen molar-refractivity contribution in [2.75, 3.05) is 24.7 Å². The van der Waals surface area contributed by atoms with E-state index in [2.05, 4.69) is 10.3 Å². The van der Waals surface area contributed by atoms with Gasteiger partial charge in [0.2, 0.25) is 5.91 Å². The normalized spacial score (nSPS) is 17.0. The maximum atomic E-state index is 12.6. The van der Waals surface area contributed by atoms with Crippen molar-refractivity contribution in [3.05, 3.63) is 24.3 Å². The summed E-state index contributed by atoms with van der Waals surface area (Å²) in [6, 6.07) is 6.50. The Morgan fingerprint density at radius 2 is 2.08 bits per heavy atom. The summed E-state index contributed by atoms with van der Waals surface area (Å²) < 4.78 is 18.3. The van der Waals surface area contributed by atoms with Gasteiger partial charge in [0.25, 0.3) is 6.01 Å². The van der Waals surface area contributed by atoms with Gasteiger partial charge in [-0.3, -0.25) is 4.79 Å². The minimum absolute atomic E-state index is 0.334. The quantitative estimate of drug-likeness (QED) is 0.861. The Bertz CT molecular complexity index is 707. The molecule has 1 atom stereocenters. The molecule has 1 fully saturated rings. The first-order valence-electron chi connectivity index (χ1n) is 7.78. The van der Waals surface area contributed by atoms with Gasteiger partial charge in [-0.05, 0) is 25.0 Å². The Hall–Kier alpha value is -2.64. The smallest absolute Gasteiger partial charge is 0.328 e. The molecule has 1 amide bonds. The van der Waals surface area contributed by atoms with Gasteiger partial charge in [-0.15, -0.1) is 0 Å². The van der Waals surface area contributed by atoms with Crippen LogP contribution < -0.4 is 10.2 Å². The largest absolute Gasteiger partial charge is 0.480 e. The maximum absolute atomic E-state index is 12.6. The highest BCUT2D eigenvalue weighted by molar-refractivity contribution is 5.85. The molecule has 0 aliphatic carbocycles. The molecule has 0 bridgehead atoms. The Kier molecular flexibility index (Phi) is 4.64. The fourth-order valence-corrected chi connectivity index (χ4v) is 2.78. The Morgan fingerprint density at radius 3 is 2.71 bits per heavy atom. The molecule has 1 unspecified atom stereocenters. The van der Waals surface area contributed by atoms with Crippen molar-refractivity contribution in [2.24, 2.45) is 5.92 Å². The summed E-state index contributed by atoms with van der Waals surface area (Å²) in [6.07, 6.45) is 1.06. The highest BCUT2D eigenvalue weighted by Gasteiger charge is 2.29. The van der Waals surface area contributed by atoms with Crippen molar-refractivity contribution in [1.29, 1.82) is 0 Å². The molecular weight excluding hydrogens is 317 g/mol. The first kappa shape index (κ1) is 16.2. The van der Waals surface area contributed by atoms with Crippen LogP contribution >= 0.6 is 0 Å². The van der Waals surface area contributed by atoms with Crippen LogP contribution in [0.3, 0.4) is 0 Å². The number of hydrogen-bond acceptors (Lipinski definition) is 5. The van der Waals surface area contributed by atoms with Gasteiger partial charge in [0, 0.05) is 19.0 Å². The second kappa shape index (κ2) is 6.86. The summed E-state index contributed by atoms with van der Waals surface area (Å²) in [4.78, 5) is 29.2. The number of hydrogen-bond donors (Lipinski definition) is 2. The van der Waals surface area contributed by atoms with Crippen LogP contribution in [-0.2, 0) is 9.59 Å². The van der Waals surface area contributed by atoms with Crippen molar-refractivity contribution >= 4 is 29.0 Å². The van der Waals surface area contributed by atoms with Crippen LogP contribution in [-0.4, -0.2) is 47.8 Å². The average Bonchev–Trinajstić information content (AvgIpc) is 3.03. The number of alkyl halides is 1. The summed E-state index contributed by atoms with van der Waals surface area (Å²) in [5, 5.41) is 11.0. The number of carboxylic acids is 1. The third kappa shape index (κ3) is 3.32. The number of piperidine rings is 1. The number of benzene rings is 1. The molecule has 1 saturated heterocycles. The zero-order valence-electron chi connectivity index (χ0n) is 12.9. The molecule has 128 valence electrons. The van der Waals surface area contributed by atoms with E-state index in [0.29, 0.717) is 37.5 Å². The molecule has 24 heavy (non-hydrogen) atoms.